The largest absolute Gasteiger partial charge is 0.486 e. The lowest BCUT2D eigenvalue weighted by Gasteiger charge is -2.18. The van der Waals surface area contributed by atoms with Gasteiger partial charge < -0.3 is 9.47 Å². The molecule has 2 aliphatic rings. The van der Waals surface area contributed by atoms with E-state index in [-0.39, 0.29) is 17.0 Å². The first-order valence-electron chi connectivity index (χ1n) is 8.29. The topological polar surface area (TPSA) is 67.8 Å². The van der Waals surface area contributed by atoms with Gasteiger partial charge in [-0.1, -0.05) is 6.42 Å². The Morgan fingerprint density at radius 1 is 1.00 bits per heavy atom. The molecule has 6 nitrogen and oxygen atoms in total. The highest BCUT2D eigenvalue weighted by Gasteiger charge is 2.14. The van der Waals surface area contributed by atoms with E-state index in [2.05, 4.69) is 20.8 Å². The molecule has 0 amide bonds. The SMILES string of the molecule is Br.c1cc2c(cc1-c1csc(NNC3=NCCCCC3)n1)OCCO2. The lowest BCUT2D eigenvalue weighted by atomic mass is 10.1. The molecule has 0 saturated carbocycles. The van der Waals surface area contributed by atoms with Crippen LogP contribution < -0.4 is 20.3 Å². The molecule has 1 aromatic heterocycles. The Labute approximate surface area is 161 Å². The predicted molar refractivity (Wildman–Crippen MR) is 106 cm³/mol. The highest BCUT2D eigenvalue weighted by Crippen LogP contribution is 2.35. The lowest BCUT2D eigenvalue weighted by Crippen LogP contribution is -2.29. The second-order valence-electron chi connectivity index (χ2n) is 5.79. The zero-order valence-corrected chi connectivity index (χ0v) is 16.3. The van der Waals surface area contributed by atoms with Crippen LogP contribution in [-0.2, 0) is 0 Å². The molecular weight excluding hydrogens is 404 g/mol. The van der Waals surface area contributed by atoms with E-state index < -0.39 is 0 Å². The summed E-state index contributed by atoms with van der Waals surface area (Å²) in [5.74, 6) is 2.60. The van der Waals surface area contributed by atoms with Crippen LogP contribution in [0.25, 0.3) is 11.3 Å². The van der Waals surface area contributed by atoms with Gasteiger partial charge in [-0.05, 0) is 31.0 Å². The first-order chi connectivity index (χ1) is 11.9. The number of benzene rings is 1. The van der Waals surface area contributed by atoms with Crippen molar-refractivity contribution in [2.75, 3.05) is 25.2 Å². The Balaban J connectivity index is 0.00000182. The van der Waals surface area contributed by atoms with Crippen LogP contribution in [0.2, 0.25) is 0 Å². The molecule has 4 rings (SSSR count). The van der Waals surface area contributed by atoms with E-state index in [0.717, 1.165) is 46.7 Å². The molecule has 2 aromatic rings. The van der Waals surface area contributed by atoms with E-state index in [1.807, 2.05) is 23.6 Å². The van der Waals surface area contributed by atoms with Crippen LogP contribution in [0.1, 0.15) is 25.7 Å². The van der Waals surface area contributed by atoms with Crippen molar-refractivity contribution in [1.29, 1.82) is 0 Å². The number of aliphatic imine (C=N–C) groups is 1. The van der Waals surface area contributed by atoms with Crippen molar-refractivity contribution in [3.63, 3.8) is 0 Å². The highest BCUT2D eigenvalue weighted by molar-refractivity contribution is 8.93. The predicted octanol–water partition coefficient (Wildman–Crippen LogP) is 4.05. The number of hydrogen-bond donors (Lipinski definition) is 2. The molecule has 2 aliphatic heterocycles. The zero-order chi connectivity index (χ0) is 16.2. The maximum Gasteiger partial charge on any atom is 0.202 e. The number of nitrogens with zero attached hydrogens (tertiary/aromatic N) is 2. The van der Waals surface area contributed by atoms with E-state index in [1.165, 1.54) is 19.3 Å². The van der Waals surface area contributed by atoms with E-state index in [1.54, 1.807) is 11.3 Å². The molecule has 1 aromatic carbocycles. The van der Waals surface area contributed by atoms with Crippen LogP contribution in [0.15, 0.2) is 28.6 Å². The van der Waals surface area contributed by atoms with Crippen LogP contribution in [0.4, 0.5) is 5.13 Å². The third kappa shape index (κ3) is 4.43. The summed E-state index contributed by atoms with van der Waals surface area (Å²) in [6.07, 6.45) is 4.61. The van der Waals surface area contributed by atoms with Gasteiger partial charge in [0, 0.05) is 23.9 Å². The van der Waals surface area contributed by atoms with Crippen molar-refractivity contribution in [3.05, 3.63) is 23.6 Å². The Morgan fingerprint density at radius 3 is 2.80 bits per heavy atom. The second kappa shape index (κ2) is 8.53. The number of rotatable bonds is 3. The molecule has 0 fully saturated rings. The summed E-state index contributed by atoms with van der Waals surface area (Å²) in [5.41, 5.74) is 8.31. The van der Waals surface area contributed by atoms with Crippen molar-refractivity contribution < 1.29 is 9.47 Å². The molecule has 0 radical (unpaired) electrons. The van der Waals surface area contributed by atoms with Crippen molar-refractivity contribution in [1.82, 2.24) is 10.4 Å². The van der Waals surface area contributed by atoms with Crippen molar-refractivity contribution in [2.45, 2.75) is 25.7 Å². The normalized spacial score (nSPS) is 16.2. The summed E-state index contributed by atoms with van der Waals surface area (Å²) >= 11 is 1.56. The molecule has 25 heavy (non-hydrogen) atoms. The first-order valence-corrected chi connectivity index (χ1v) is 9.17. The first kappa shape index (κ1) is 18.0. The summed E-state index contributed by atoms with van der Waals surface area (Å²) in [4.78, 5) is 9.17. The Bertz CT molecular complexity index is 750. The molecule has 0 bridgehead atoms. The van der Waals surface area contributed by atoms with Crippen LogP contribution >= 0.6 is 28.3 Å². The number of nitrogens with one attached hydrogen (secondary N) is 2. The number of anilines is 1. The standard InChI is InChI=1S/C17H20N4O2S.BrH/c1-2-4-16(18-7-3-1)20-21-17-19-13(11-24-17)12-5-6-14-15(10-12)23-9-8-22-14;/h5-6,10-11H,1-4,7-9H2,(H,18,20)(H,19,21);1H. The second-order valence-corrected chi connectivity index (χ2v) is 6.64. The highest BCUT2D eigenvalue weighted by atomic mass is 79.9. The molecule has 0 atom stereocenters. The molecule has 3 heterocycles. The van der Waals surface area contributed by atoms with Gasteiger partial charge in [-0.2, -0.15) is 0 Å². The average Bonchev–Trinajstić information content (AvgIpc) is 2.95. The average molecular weight is 425 g/mol. The lowest BCUT2D eigenvalue weighted by molar-refractivity contribution is 0.171. The van der Waals surface area contributed by atoms with E-state index in [4.69, 9.17) is 9.47 Å². The molecule has 0 saturated heterocycles. The molecule has 8 heteroatoms. The van der Waals surface area contributed by atoms with Crippen LogP contribution in [0.3, 0.4) is 0 Å². The summed E-state index contributed by atoms with van der Waals surface area (Å²) in [6, 6.07) is 5.93. The van der Waals surface area contributed by atoms with Gasteiger partial charge in [0.2, 0.25) is 5.13 Å². The van der Waals surface area contributed by atoms with E-state index in [0.29, 0.717) is 13.2 Å². The van der Waals surface area contributed by atoms with Gasteiger partial charge in [-0.15, -0.1) is 28.3 Å². The van der Waals surface area contributed by atoms with Gasteiger partial charge in [-0.25, -0.2) is 4.98 Å². The number of amidine groups is 1. The van der Waals surface area contributed by atoms with E-state index in [9.17, 15) is 0 Å². The summed E-state index contributed by atoms with van der Waals surface area (Å²) in [6.45, 7) is 2.10. The van der Waals surface area contributed by atoms with Gasteiger partial charge in [0.1, 0.15) is 19.0 Å². The molecule has 0 unspecified atom stereocenters. The smallest absolute Gasteiger partial charge is 0.202 e. The van der Waals surface area contributed by atoms with Crippen LogP contribution in [-0.4, -0.2) is 30.6 Å². The van der Waals surface area contributed by atoms with Gasteiger partial charge in [0.25, 0.3) is 0 Å². The molecular formula is C17H21BrN4O2S. The third-order valence-corrected chi connectivity index (χ3v) is 4.79. The number of aromatic nitrogens is 1. The minimum Gasteiger partial charge on any atom is -0.486 e. The van der Waals surface area contributed by atoms with Gasteiger partial charge in [0.05, 0.1) is 5.69 Å². The Hall–Kier alpha value is -1.80. The number of thiazole rings is 1. The molecule has 0 aliphatic carbocycles. The van der Waals surface area contributed by atoms with Crippen molar-refractivity contribution >= 4 is 39.3 Å². The third-order valence-electron chi connectivity index (χ3n) is 4.03. The minimum atomic E-state index is 0. The summed E-state index contributed by atoms with van der Waals surface area (Å²) in [7, 11) is 0. The molecule has 2 N–H and O–H groups in total. The minimum absolute atomic E-state index is 0. The fraction of sp³-hybridized carbons (Fsp3) is 0.412. The number of hydrogen-bond acceptors (Lipinski definition) is 7. The van der Waals surface area contributed by atoms with Crippen molar-refractivity contribution in [2.24, 2.45) is 4.99 Å². The Morgan fingerprint density at radius 2 is 1.88 bits per heavy atom. The van der Waals surface area contributed by atoms with E-state index >= 15 is 0 Å². The maximum atomic E-state index is 5.64. The zero-order valence-electron chi connectivity index (χ0n) is 13.8. The molecule has 134 valence electrons. The number of fused-ring (bicyclic) bond motifs is 1. The van der Waals surface area contributed by atoms with Gasteiger partial charge in [0.15, 0.2) is 11.5 Å². The number of ether oxygens (including phenoxy) is 2. The van der Waals surface area contributed by atoms with Gasteiger partial charge in [-0.3, -0.25) is 15.8 Å². The fourth-order valence-corrected chi connectivity index (χ4v) is 3.44. The summed E-state index contributed by atoms with van der Waals surface area (Å²) < 4.78 is 11.2. The van der Waals surface area contributed by atoms with Crippen LogP contribution in [0.5, 0.6) is 11.5 Å². The summed E-state index contributed by atoms with van der Waals surface area (Å²) in [5, 5.41) is 2.86. The number of hydrazine groups is 1. The monoisotopic (exact) mass is 424 g/mol. The van der Waals surface area contributed by atoms with Gasteiger partial charge >= 0.3 is 0 Å². The maximum absolute atomic E-state index is 5.64. The Kier molecular flexibility index (Phi) is 6.14. The number of halogens is 1. The fourth-order valence-electron chi connectivity index (χ4n) is 2.77. The van der Waals surface area contributed by atoms with Crippen molar-refractivity contribution in [3.8, 4) is 22.8 Å². The van der Waals surface area contributed by atoms with Crippen LogP contribution in [0, 0.1) is 0 Å². The molecule has 0 spiro atoms. The quantitative estimate of drug-likeness (QED) is 0.727.